The van der Waals surface area contributed by atoms with Gasteiger partial charge >= 0.3 is 11.9 Å². The highest BCUT2D eigenvalue weighted by Crippen LogP contribution is 2.40. The largest absolute Gasteiger partial charge is 0.480 e. The van der Waals surface area contributed by atoms with Crippen molar-refractivity contribution >= 4 is 17.8 Å². The number of rotatable bonds is 8. The molecular weight excluding hydrogens is 412 g/mol. The van der Waals surface area contributed by atoms with E-state index in [0.29, 0.717) is 26.2 Å². The average molecular weight is 447 g/mol. The maximum atomic E-state index is 13.4. The van der Waals surface area contributed by atoms with Crippen molar-refractivity contribution in [3.05, 3.63) is 35.9 Å². The number of carboxylic acid groups (broad SMARTS) is 1. The lowest BCUT2D eigenvalue weighted by molar-refractivity contribution is -0.157. The van der Waals surface area contributed by atoms with Gasteiger partial charge in [0.2, 0.25) is 5.91 Å². The second kappa shape index (κ2) is 10.4. The fourth-order valence-electron chi connectivity index (χ4n) is 4.80. The van der Waals surface area contributed by atoms with Crippen molar-refractivity contribution in [1.29, 1.82) is 0 Å². The fourth-order valence-corrected chi connectivity index (χ4v) is 4.80. The standard InChI is InChI=1S/C24H34N2O6/c1-4-32-23(30)20(16(2)18-8-6-5-7-9-18)25-17(3)21(27)26-14-24(12-13-31-15-24)11-10-19(26)22(28)29/h5-9,16-17,19-20,25H,4,10-15H2,1-3H3,(H,28,29)/t16?,17-,19-,20?,24?/m0/s1. The summed E-state index contributed by atoms with van der Waals surface area (Å²) in [4.78, 5) is 39.5. The number of aliphatic carboxylic acids is 1. The first-order valence-electron chi connectivity index (χ1n) is 11.4. The Labute approximate surface area is 189 Å². The number of carbonyl (C=O) groups is 3. The zero-order valence-electron chi connectivity index (χ0n) is 19.1. The van der Waals surface area contributed by atoms with Crippen LogP contribution in [0.1, 0.15) is 51.5 Å². The molecule has 2 aliphatic rings. The van der Waals surface area contributed by atoms with Crippen LogP contribution in [0.2, 0.25) is 0 Å². The Morgan fingerprint density at radius 3 is 2.56 bits per heavy atom. The van der Waals surface area contributed by atoms with Crippen molar-refractivity contribution in [3.8, 4) is 0 Å². The van der Waals surface area contributed by atoms with Gasteiger partial charge in [-0.2, -0.15) is 0 Å². The van der Waals surface area contributed by atoms with E-state index in [1.807, 2.05) is 37.3 Å². The van der Waals surface area contributed by atoms with Crippen LogP contribution < -0.4 is 5.32 Å². The monoisotopic (exact) mass is 446 g/mol. The number of esters is 1. The lowest BCUT2D eigenvalue weighted by Gasteiger charge is -2.44. The van der Waals surface area contributed by atoms with Gasteiger partial charge in [0.05, 0.1) is 19.3 Å². The molecule has 2 saturated heterocycles. The molecule has 2 fully saturated rings. The van der Waals surface area contributed by atoms with Crippen LogP contribution in [0.5, 0.6) is 0 Å². The van der Waals surface area contributed by atoms with Gasteiger partial charge in [0.15, 0.2) is 0 Å². The van der Waals surface area contributed by atoms with Gasteiger partial charge in [0, 0.05) is 24.5 Å². The van der Waals surface area contributed by atoms with E-state index in [1.165, 1.54) is 4.90 Å². The minimum absolute atomic E-state index is 0.181. The van der Waals surface area contributed by atoms with E-state index in [1.54, 1.807) is 13.8 Å². The van der Waals surface area contributed by atoms with E-state index in [4.69, 9.17) is 9.47 Å². The fraction of sp³-hybridized carbons (Fsp3) is 0.625. The maximum absolute atomic E-state index is 13.4. The molecule has 32 heavy (non-hydrogen) atoms. The first-order valence-corrected chi connectivity index (χ1v) is 11.4. The molecule has 8 nitrogen and oxygen atoms in total. The molecule has 2 N–H and O–H groups in total. The lowest BCUT2D eigenvalue weighted by atomic mass is 9.77. The summed E-state index contributed by atoms with van der Waals surface area (Å²) >= 11 is 0. The van der Waals surface area contributed by atoms with Gasteiger partial charge < -0.3 is 19.5 Å². The molecule has 0 saturated carbocycles. The number of amides is 1. The number of ether oxygens (including phenoxy) is 2. The van der Waals surface area contributed by atoms with Crippen LogP contribution in [0, 0.1) is 5.41 Å². The van der Waals surface area contributed by atoms with E-state index in [9.17, 15) is 19.5 Å². The molecule has 0 radical (unpaired) electrons. The minimum atomic E-state index is -1.00. The molecule has 3 rings (SSSR count). The highest BCUT2D eigenvalue weighted by atomic mass is 16.5. The van der Waals surface area contributed by atoms with Crippen LogP contribution in [0.4, 0.5) is 0 Å². The van der Waals surface area contributed by atoms with Gasteiger partial charge in [-0.05, 0) is 38.7 Å². The summed E-state index contributed by atoms with van der Waals surface area (Å²) in [6.45, 7) is 7.09. The SMILES string of the molecule is CCOC(=O)C(N[C@@H](C)C(=O)N1CC2(CCOC2)CC[C@H]1C(=O)O)C(C)c1ccccc1. The van der Waals surface area contributed by atoms with Gasteiger partial charge in [0.25, 0.3) is 0 Å². The molecule has 3 unspecified atom stereocenters. The van der Waals surface area contributed by atoms with Crippen LogP contribution in [-0.4, -0.2) is 72.3 Å². The number of nitrogens with zero attached hydrogens (tertiary/aromatic N) is 1. The Kier molecular flexibility index (Phi) is 7.90. The number of piperidine rings is 1. The Morgan fingerprint density at radius 1 is 1.25 bits per heavy atom. The quantitative estimate of drug-likeness (QED) is 0.590. The lowest BCUT2D eigenvalue weighted by Crippen LogP contribution is -2.60. The summed E-state index contributed by atoms with van der Waals surface area (Å²) in [5, 5.41) is 12.9. The molecule has 1 amide bonds. The Bertz CT molecular complexity index is 808. The van der Waals surface area contributed by atoms with E-state index in [0.717, 1.165) is 18.4 Å². The van der Waals surface area contributed by atoms with Crippen molar-refractivity contribution in [2.24, 2.45) is 5.41 Å². The number of nitrogens with one attached hydrogen (secondary N) is 1. The van der Waals surface area contributed by atoms with E-state index in [2.05, 4.69) is 5.32 Å². The van der Waals surface area contributed by atoms with Crippen molar-refractivity contribution in [3.63, 3.8) is 0 Å². The third kappa shape index (κ3) is 5.30. The Balaban J connectivity index is 1.78. The first kappa shape index (κ1) is 24.2. The smallest absolute Gasteiger partial charge is 0.326 e. The molecule has 0 aliphatic carbocycles. The zero-order chi connectivity index (χ0) is 23.3. The molecule has 8 heteroatoms. The molecule has 1 aromatic carbocycles. The zero-order valence-corrected chi connectivity index (χ0v) is 19.1. The highest BCUT2D eigenvalue weighted by molar-refractivity contribution is 5.88. The summed E-state index contributed by atoms with van der Waals surface area (Å²) < 4.78 is 10.8. The summed E-state index contributed by atoms with van der Waals surface area (Å²) in [7, 11) is 0. The Hall–Kier alpha value is -2.45. The molecule has 1 spiro atoms. The van der Waals surface area contributed by atoms with Crippen molar-refractivity contribution in [2.75, 3.05) is 26.4 Å². The van der Waals surface area contributed by atoms with E-state index >= 15 is 0 Å². The van der Waals surface area contributed by atoms with Gasteiger partial charge in [0.1, 0.15) is 12.1 Å². The molecular formula is C24H34N2O6. The van der Waals surface area contributed by atoms with Gasteiger partial charge in [-0.25, -0.2) is 4.79 Å². The topological polar surface area (TPSA) is 105 Å². The summed E-state index contributed by atoms with van der Waals surface area (Å²) in [5.74, 6) is -1.99. The summed E-state index contributed by atoms with van der Waals surface area (Å²) in [6, 6.07) is 7.20. The van der Waals surface area contributed by atoms with Crippen molar-refractivity contribution < 1.29 is 29.0 Å². The van der Waals surface area contributed by atoms with Crippen LogP contribution in [0.15, 0.2) is 30.3 Å². The van der Waals surface area contributed by atoms with Crippen molar-refractivity contribution in [2.45, 2.75) is 64.1 Å². The predicted octanol–water partition coefficient (Wildman–Crippen LogP) is 2.18. The number of benzene rings is 1. The number of carbonyl (C=O) groups excluding carboxylic acids is 2. The molecule has 2 heterocycles. The number of hydrogen-bond acceptors (Lipinski definition) is 6. The second-order valence-corrected chi connectivity index (χ2v) is 8.98. The van der Waals surface area contributed by atoms with Crippen LogP contribution in [-0.2, 0) is 23.9 Å². The Morgan fingerprint density at radius 2 is 1.97 bits per heavy atom. The van der Waals surface area contributed by atoms with Gasteiger partial charge in [-0.1, -0.05) is 37.3 Å². The van der Waals surface area contributed by atoms with Crippen LogP contribution >= 0.6 is 0 Å². The molecule has 5 atom stereocenters. The molecule has 176 valence electrons. The number of carboxylic acids is 1. The molecule has 0 bridgehead atoms. The first-order chi connectivity index (χ1) is 15.3. The minimum Gasteiger partial charge on any atom is -0.480 e. The normalized spacial score (nSPS) is 25.8. The van der Waals surface area contributed by atoms with E-state index in [-0.39, 0.29) is 23.8 Å². The third-order valence-corrected chi connectivity index (χ3v) is 6.75. The van der Waals surface area contributed by atoms with Crippen LogP contribution in [0.25, 0.3) is 0 Å². The van der Waals surface area contributed by atoms with Gasteiger partial charge in [-0.3, -0.25) is 14.9 Å². The summed E-state index contributed by atoms with van der Waals surface area (Å²) in [6.07, 6.45) is 1.95. The number of hydrogen-bond donors (Lipinski definition) is 2. The second-order valence-electron chi connectivity index (χ2n) is 8.98. The van der Waals surface area contributed by atoms with Gasteiger partial charge in [-0.15, -0.1) is 0 Å². The van der Waals surface area contributed by atoms with E-state index < -0.39 is 30.1 Å². The maximum Gasteiger partial charge on any atom is 0.326 e. The average Bonchev–Trinajstić information content (AvgIpc) is 3.24. The highest BCUT2D eigenvalue weighted by Gasteiger charge is 2.47. The number of likely N-dealkylation sites (tertiary alicyclic amines) is 1. The third-order valence-electron chi connectivity index (χ3n) is 6.75. The molecule has 2 aliphatic heterocycles. The molecule has 1 aromatic rings. The predicted molar refractivity (Wildman–Crippen MR) is 118 cm³/mol. The molecule has 0 aromatic heterocycles. The van der Waals surface area contributed by atoms with Crippen LogP contribution in [0.3, 0.4) is 0 Å². The summed E-state index contributed by atoms with van der Waals surface area (Å²) in [5.41, 5.74) is 0.764. The van der Waals surface area contributed by atoms with Crippen molar-refractivity contribution in [1.82, 2.24) is 10.2 Å².